The molecule has 3 N–H and O–H groups in total. The van der Waals surface area contributed by atoms with E-state index in [4.69, 9.17) is 23.8 Å². The summed E-state index contributed by atoms with van der Waals surface area (Å²) in [5.74, 6) is -0.270. The predicted octanol–water partition coefficient (Wildman–Crippen LogP) is 3.41. The monoisotopic (exact) mass is 380 g/mol. The number of amides is 3. The molecule has 1 saturated heterocycles. The van der Waals surface area contributed by atoms with Crippen LogP contribution in [0.5, 0.6) is 0 Å². The van der Waals surface area contributed by atoms with Gasteiger partial charge in [-0.3, -0.25) is 10.2 Å². The number of carbonyl (C=O) groups excluding carboxylic acids is 2. The van der Waals surface area contributed by atoms with Crippen LogP contribution in [0.1, 0.15) is 43.2 Å². The molecule has 3 rings (SSSR count). The van der Waals surface area contributed by atoms with Gasteiger partial charge < -0.3 is 10.6 Å². The van der Waals surface area contributed by atoms with E-state index in [1.807, 2.05) is 26.0 Å². The van der Waals surface area contributed by atoms with Crippen LogP contribution < -0.4 is 16.1 Å². The number of nitrogens with one attached hydrogen (secondary N) is 3. The van der Waals surface area contributed by atoms with Gasteiger partial charge in [-0.15, -0.1) is 0 Å². The third kappa shape index (κ3) is 3.43. The zero-order valence-electron chi connectivity index (χ0n) is 14.2. The maximum atomic E-state index is 12.7. The number of benzene rings is 1. The van der Waals surface area contributed by atoms with Gasteiger partial charge in [0.1, 0.15) is 5.54 Å². The zero-order valence-corrected chi connectivity index (χ0v) is 15.8. The van der Waals surface area contributed by atoms with Crippen LogP contribution in [0.4, 0.5) is 10.5 Å². The molecule has 25 heavy (non-hydrogen) atoms. The van der Waals surface area contributed by atoms with Crippen LogP contribution in [0.2, 0.25) is 5.02 Å². The van der Waals surface area contributed by atoms with Gasteiger partial charge in [0.05, 0.1) is 10.7 Å². The van der Waals surface area contributed by atoms with Crippen LogP contribution in [0.25, 0.3) is 0 Å². The van der Waals surface area contributed by atoms with Crippen LogP contribution in [0.15, 0.2) is 12.1 Å². The Kier molecular flexibility index (Phi) is 4.88. The average Bonchev–Trinajstić information content (AvgIpc) is 2.76. The van der Waals surface area contributed by atoms with Crippen molar-refractivity contribution in [1.82, 2.24) is 15.8 Å². The number of aryl methyl sites for hydroxylation is 2. The van der Waals surface area contributed by atoms with E-state index in [1.165, 1.54) is 0 Å². The van der Waals surface area contributed by atoms with E-state index < -0.39 is 11.6 Å². The summed E-state index contributed by atoms with van der Waals surface area (Å²) in [7, 11) is 0. The van der Waals surface area contributed by atoms with E-state index in [0.717, 1.165) is 35.4 Å². The molecule has 0 bridgehead atoms. The molecule has 0 atom stereocenters. The molecule has 1 saturated carbocycles. The van der Waals surface area contributed by atoms with Crippen molar-refractivity contribution in [3.05, 3.63) is 28.3 Å². The molecule has 3 amide bonds. The molecule has 8 heteroatoms. The number of urea groups is 1. The molecule has 1 aliphatic heterocycles. The lowest BCUT2D eigenvalue weighted by molar-refractivity contribution is -0.133. The summed E-state index contributed by atoms with van der Waals surface area (Å²) < 4.78 is 0. The first-order chi connectivity index (χ1) is 11.8. The first kappa shape index (κ1) is 17.9. The minimum Gasteiger partial charge on any atom is -0.330 e. The fourth-order valence-corrected chi connectivity index (χ4v) is 4.09. The normalized spacial score (nSPS) is 19.1. The highest BCUT2D eigenvalue weighted by atomic mass is 35.5. The van der Waals surface area contributed by atoms with Crippen LogP contribution in [-0.2, 0) is 4.79 Å². The number of carbonyl (C=O) groups is 2. The Morgan fingerprint density at radius 1 is 1.24 bits per heavy atom. The van der Waals surface area contributed by atoms with E-state index in [2.05, 4.69) is 16.1 Å². The number of halogens is 1. The number of thiocarbonyl (C=S) groups is 1. The molecule has 0 radical (unpaired) electrons. The smallest absolute Gasteiger partial charge is 0.330 e. The summed E-state index contributed by atoms with van der Waals surface area (Å²) in [6.45, 7) is 3.87. The fourth-order valence-electron chi connectivity index (χ4n) is 3.53. The molecule has 2 aliphatic rings. The van der Waals surface area contributed by atoms with Gasteiger partial charge in [0.25, 0.3) is 5.91 Å². The van der Waals surface area contributed by atoms with Gasteiger partial charge in [0.2, 0.25) is 0 Å². The number of rotatable bonds is 2. The molecule has 0 aromatic heterocycles. The van der Waals surface area contributed by atoms with Crippen molar-refractivity contribution in [1.29, 1.82) is 0 Å². The molecule has 6 nitrogen and oxygen atoms in total. The van der Waals surface area contributed by atoms with Gasteiger partial charge in [-0.2, -0.15) is 5.01 Å². The van der Waals surface area contributed by atoms with Gasteiger partial charge in [0.15, 0.2) is 5.11 Å². The highest BCUT2D eigenvalue weighted by Crippen LogP contribution is 2.33. The topological polar surface area (TPSA) is 73.5 Å². The lowest BCUT2D eigenvalue weighted by atomic mass is 9.82. The predicted molar refractivity (Wildman–Crippen MR) is 101 cm³/mol. The Balaban J connectivity index is 1.71. The number of hydrogen-bond acceptors (Lipinski definition) is 3. The number of hydrogen-bond donors (Lipinski definition) is 3. The summed E-state index contributed by atoms with van der Waals surface area (Å²) >= 11 is 11.5. The molecule has 1 spiro atoms. The van der Waals surface area contributed by atoms with Crippen LogP contribution in [0.3, 0.4) is 0 Å². The second kappa shape index (κ2) is 6.80. The zero-order chi connectivity index (χ0) is 18.2. The highest BCUT2D eigenvalue weighted by Gasteiger charge is 2.51. The van der Waals surface area contributed by atoms with Gasteiger partial charge in [-0.1, -0.05) is 36.9 Å². The highest BCUT2D eigenvalue weighted by molar-refractivity contribution is 7.80. The molecule has 2 fully saturated rings. The second-order valence-electron chi connectivity index (χ2n) is 6.72. The lowest BCUT2D eigenvalue weighted by Crippen LogP contribution is -2.51. The van der Waals surface area contributed by atoms with Crippen molar-refractivity contribution in [2.75, 3.05) is 5.32 Å². The van der Waals surface area contributed by atoms with Crippen molar-refractivity contribution in [2.24, 2.45) is 0 Å². The van der Waals surface area contributed by atoms with Crippen LogP contribution in [-0.4, -0.2) is 27.6 Å². The quantitative estimate of drug-likeness (QED) is 0.541. The van der Waals surface area contributed by atoms with Gasteiger partial charge in [-0.05, 0) is 56.1 Å². The summed E-state index contributed by atoms with van der Waals surface area (Å²) in [5.41, 5.74) is 4.54. The molecule has 1 heterocycles. The van der Waals surface area contributed by atoms with Gasteiger partial charge in [0, 0.05) is 0 Å². The van der Waals surface area contributed by atoms with Crippen molar-refractivity contribution in [2.45, 2.75) is 51.5 Å². The summed E-state index contributed by atoms with van der Waals surface area (Å²) in [5, 5.41) is 7.45. The van der Waals surface area contributed by atoms with Gasteiger partial charge >= 0.3 is 6.03 Å². The van der Waals surface area contributed by atoms with Crippen molar-refractivity contribution < 1.29 is 9.59 Å². The number of nitrogens with zero attached hydrogens (tertiary/aromatic N) is 1. The molecule has 1 aliphatic carbocycles. The minimum atomic E-state index is -0.782. The first-order valence-electron chi connectivity index (χ1n) is 8.33. The lowest BCUT2D eigenvalue weighted by Gasteiger charge is -2.30. The second-order valence-corrected chi connectivity index (χ2v) is 7.53. The Morgan fingerprint density at radius 3 is 2.56 bits per heavy atom. The van der Waals surface area contributed by atoms with E-state index in [-0.39, 0.29) is 11.0 Å². The van der Waals surface area contributed by atoms with Crippen LogP contribution in [0, 0.1) is 13.8 Å². The fraction of sp³-hybridized carbons (Fsp3) is 0.471. The standard InChI is InChI=1S/C17H21ClN4O2S/c1-10-8-11(2)13(12(18)9-10)19-15(25)21-22-14(23)17(20-16(22)24)6-4-3-5-7-17/h8-9H,3-7H2,1-2H3,(H,20,24)(H2,19,21,25). The van der Waals surface area contributed by atoms with E-state index >= 15 is 0 Å². The molecular weight excluding hydrogens is 360 g/mol. The number of hydrazine groups is 1. The molecule has 1 aromatic rings. The van der Waals surface area contributed by atoms with Crippen molar-refractivity contribution in [3.8, 4) is 0 Å². The maximum Gasteiger partial charge on any atom is 0.344 e. The van der Waals surface area contributed by atoms with E-state index in [9.17, 15) is 9.59 Å². The molecular formula is C17H21ClN4O2S. The number of imide groups is 1. The Morgan fingerprint density at radius 2 is 1.92 bits per heavy atom. The number of anilines is 1. The Labute approximate surface area is 157 Å². The molecule has 1 aromatic carbocycles. The van der Waals surface area contributed by atoms with E-state index in [1.54, 1.807) is 0 Å². The summed E-state index contributed by atoms with van der Waals surface area (Å²) in [6.07, 6.45) is 4.28. The largest absolute Gasteiger partial charge is 0.344 e. The molecule has 0 unspecified atom stereocenters. The SMILES string of the molecule is Cc1cc(C)c(NC(=S)NN2C(=O)NC3(CCCCC3)C2=O)c(Cl)c1. The summed E-state index contributed by atoms with van der Waals surface area (Å²) in [4.78, 5) is 25.0. The van der Waals surface area contributed by atoms with E-state index in [0.29, 0.717) is 23.6 Å². The average molecular weight is 381 g/mol. The third-order valence-corrected chi connectivity index (χ3v) is 5.24. The maximum absolute atomic E-state index is 12.7. The van der Waals surface area contributed by atoms with Gasteiger partial charge in [-0.25, -0.2) is 4.79 Å². The Hall–Kier alpha value is -1.86. The third-order valence-electron chi connectivity index (χ3n) is 4.75. The van der Waals surface area contributed by atoms with Crippen LogP contribution >= 0.6 is 23.8 Å². The Bertz CT molecular complexity index is 723. The van der Waals surface area contributed by atoms with Crippen molar-refractivity contribution >= 4 is 46.6 Å². The summed E-state index contributed by atoms with van der Waals surface area (Å²) in [6, 6.07) is 3.33. The minimum absolute atomic E-state index is 0.144. The molecule has 134 valence electrons. The first-order valence-corrected chi connectivity index (χ1v) is 9.12. The van der Waals surface area contributed by atoms with Crippen molar-refractivity contribution in [3.63, 3.8) is 0 Å².